The van der Waals surface area contributed by atoms with E-state index < -0.39 is 5.97 Å². The van der Waals surface area contributed by atoms with Crippen molar-refractivity contribution in [2.45, 2.75) is 26.2 Å². The number of halogens is 1. The van der Waals surface area contributed by atoms with Crippen LogP contribution in [-0.2, 0) is 11.2 Å². The molecule has 0 saturated heterocycles. The van der Waals surface area contributed by atoms with E-state index in [1.54, 1.807) is 0 Å². The van der Waals surface area contributed by atoms with Gasteiger partial charge in [0.25, 0.3) is 0 Å². The molecule has 2 N–H and O–H groups in total. The van der Waals surface area contributed by atoms with Gasteiger partial charge >= 0.3 is 5.97 Å². The molecule has 0 spiro atoms. The number of aliphatic carboxylic acids is 1. The van der Waals surface area contributed by atoms with E-state index in [1.165, 1.54) is 11.1 Å². The molecule has 0 unspecified atom stereocenters. The highest BCUT2D eigenvalue weighted by atomic mass is 35.5. The zero-order chi connectivity index (χ0) is 15.9. The van der Waals surface area contributed by atoms with Crippen LogP contribution in [0.15, 0.2) is 54.6 Å². The smallest absolute Gasteiger partial charge is 0.304 e. The first-order valence-electron chi connectivity index (χ1n) is 7.53. The molecule has 0 amide bonds. The number of carboxylic acid groups (broad SMARTS) is 1. The van der Waals surface area contributed by atoms with Gasteiger partial charge in [-0.25, -0.2) is 0 Å². The van der Waals surface area contributed by atoms with Crippen molar-refractivity contribution in [3.05, 3.63) is 71.3 Å². The second-order valence-electron chi connectivity index (χ2n) is 5.48. The highest BCUT2D eigenvalue weighted by Crippen LogP contribution is 2.18. The summed E-state index contributed by atoms with van der Waals surface area (Å²) >= 11 is 0. The van der Waals surface area contributed by atoms with Crippen LogP contribution in [0.5, 0.6) is 0 Å². The predicted molar refractivity (Wildman–Crippen MR) is 95.8 cm³/mol. The maximum atomic E-state index is 10.9. The quantitative estimate of drug-likeness (QED) is 0.730. The van der Waals surface area contributed by atoms with Gasteiger partial charge in [-0.3, -0.25) is 4.79 Å². The Morgan fingerprint density at radius 2 is 1.61 bits per heavy atom. The lowest BCUT2D eigenvalue weighted by Gasteiger charge is -2.14. The van der Waals surface area contributed by atoms with Crippen LogP contribution in [0, 0.1) is 11.3 Å². The molecule has 0 aliphatic heterocycles. The Bertz CT molecular complexity index is 638. The van der Waals surface area contributed by atoms with Gasteiger partial charge in [0, 0.05) is 11.6 Å². The summed E-state index contributed by atoms with van der Waals surface area (Å²) in [5.41, 5.74) is 3.66. The molecule has 0 bridgehead atoms. The van der Waals surface area contributed by atoms with Gasteiger partial charge in [-0.05, 0) is 29.5 Å². The molecular formula is C19H22ClNO2. The Labute approximate surface area is 143 Å². The summed E-state index contributed by atoms with van der Waals surface area (Å²) in [6.07, 6.45) is 1.54. The number of hydrogen-bond acceptors (Lipinski definition) is 2. The average molecular weight is 332 g/mol. The molecule has 0 aliphatic rings. The second kappa shape index (κ2) is 9.11. The number of carbonyl (C=O) groups is 1. The van der Waals surface area contributed by atoms with Crippen LogP contribution in [0.25, 0.3) is 0 Å². The van der Waals surface area contributed by atoms with Gasteiger partial charge in [0.1, 0.15) is 0 Å². The Morgan fingerprint density at radius 1 is 1.04 bits per heavy atom. The molecule has 0 fully saturated rings. The van der Waals surface area contributed by atoms with Gasteiger partial charge in [-0.1, -0.05) is 61.5 Å². The van der Waals surface area contributed by atoms with Gasteiger partial charge < -0.3 is 10.5 Å². The highest BCUT2D eigenvalue weighted by molar-refractivity contribution is 6.01. The average Bonchev–Trinajstić information content (AvgIpc) is 2.53. The molecule has 2 rings (SSSR count). The molecule has 0 aliphatic carbocycles. The lowest BCUT2D eigenvalue weighted by Crippen LogP contribution is -2.18. The normalized spacial score (nSPS) is 11.3. The number of carboxylic acids is 1. The number of nitrogens with one attached hydrogen (secondary N) is 1. The topological polar surface area (TPSA) is 61.1 Å². The summed E-state index contributed by atoms with van der Waals surface area (Å²) in [6.45, 7) is 1.92. The van der Waals surface area contributed by atoms with E-state index >= 15 is 0 Å². The summed E-state index contributed by atoms with van der Waals surface area (Å²) in [4.78, 5) is 10.9. The lowest BCUT2D eigenvalue weighted by molar-refractivity contribution is -0.137. The molecule has 122 valence electrons. The third-order valence-electron chi connectivity index (χ3n) is 3.84. The van der Waals surface area contributed by atoms with E-state index in [2.05, 4.69) is 12.1 Å². The van der Waals surface area contributed by atoms with Gasteiger partial charge in [-0.2, -0.15) is 0 Å². The summed E-state index contributed by atoms with van der Waals surface area (Å²) in [7, 11) is 0. The second-order valence-corrected chi connectivity index (χ2v) is 5.48. The summed E-state index contributed by atoms with van der Waals surface area (Å²) in [5.74, 6) is -1.07. The SMILES string of the molecule is CC[C@@H](CC(=O)O)C(=N)c1ccc(Cc2ccccc2)cc1.Cl. The van der Waals surface area contributed by atoms with Crippen LogP contribution in [0.2, 0.25) is 0 Å². The summed E-state index contributed by atoms with van der Waals surface area (Å²) < 4.78 is 0. The van der Waals surface area contributed by atoms with Crippen LogP contribution in [-0.4, -0.2) is 16.8 Å². The van der Waals surface area contributed by atoms with Gasteiger partial charge in [0.15, 0.2) is 0 Å². The Hall–Kier alpha value is -2.13. The van der Waals surface area contributed by atoms with Crippen molar-refractivity contribution in [2.75, 3.05) is 0 Å². The minimum Gasteiger partial charge on any atom is -0.481 e. The lowest BCUT2D eigenvalue weighted by atomic mass is 9.91. The molecule has 2 aromatic carbocycles. The molecule has 0 saturated carbocycles. The zero-order valence-corrected chi connectivity index (χ0v) is 14.0. The molecule has 4 heteroatoms. The van der Waals surface area contributed by atoms with Crippen LogP contribution in [0.1, 0.15) is 36.5 Å². The van der Waals surface area contributed by atoms with E-state index in [0.717, 1.165) is 12.0 Å². The Balaban J connectivity index is 0.00000264. The molecular weight excluding hydrogens is 310 g/mol. The third-order valence-corrected chi connectivity index (χ3v) is 3.84. The highest BCUT2D eigenvalue weighted by Gasteiger charge is 2.17. The molecule has 2 aromatic rings. The van der Waals surface area contributed by atoms with Crippen molar-refractivity contribution in [2.24, 2.45) is 5.92 Å². The maximum absolute atomic E-state index is 10.9. The van der Waals surface area contributed by atoms with Crippen LogP contribution >= 0.6 is 12.4 Å². The van der Waals surface area contributed by atoms with Crippen molar-refractivity contribution in [1.82, 2.24) is 0 Å². The minimum atomic E-state index is -0.850. The Morgan fingerprint density at radius 3 is 2.13 bits per heavy atom. The number of hydrogen-bond donors (Lipinski definition) is 2. The first-order valence-corrected chi connectivity index (χ1v) is 7.53. The van der Waals surface area contributed by atoms with E-state index in [1.807, 2.05) is 49.4 Å². The van der Waals surface area contributed by atoms with Crippen molar-refractivity contribution in [1.29, 1.82) is 5.41 Å². The largest absolute Gasteiger partial charge is 0.481 e. The Kier molecular flexibility index (Phi) is 7.49. The van der Waals surface area contributed by atoms with Crippen molar-refractivity contribution < 1.29 is 9.90 Å². The molecule has 0 heterocycles. The van der Waals surface area contributed by atoms with Crippen LogP contribution < -0.4 is 0 Å². The number of benzene rings is 2. The molecule has 3 nitrogen and oxygen atoms in total. The molecule has 1 atom stereocenters. The standard InChI is InChI=1S/C19H21NO2.ClH/c1-2-16(13-18(21)22)19(20)17-10-8-15(9-11-17)12-14-6-4-3-5-7-14;/h3-11,16,20H,2,12-13H2,1H3,(H,21,22);1H/t16-;/m0./s1. The molecule has 0 aromatic heterocycles. The fourth-order valence-corrected chi connectivity index (χ4v) is 2.53. The minimum absolute atomic E-state index is 0. The molecule has 0 radical (unpaired) electrons. The van der Waals surface area contributed by atoms with E-state index in [-0.39, 0.29) is 24.7 Å². The number of rotatable bonds is 7. The fourth-order valence-electron chi connectivity index (χ4n) is 2.53. The third kappa shape index (κ3) is 5.53. The monoisotopic (exact) mass is 331 g/mol. The summed E-state index contributed by atoms with van der Waals surface area (Å²) in [6, 6.07) is 18.1. The van der Waals surface area contributed by atoms with E-state index in [4.69, 9.17) is 10.5 Å². The fraction of sp³-hybridized carbons (Fsp3) is 0.263. The zero-order valence-electron chi connectivity index (χ0n) is 13.2. The van der Waals surface area contributed by atoms with Gasteiger partial charge in [0.05, 0.1) is 6.42 Å². The predicted octanol–water partition coefficient (Wildman–Crippen LogP) is 4.57. The van der Waals surface area contributed by atoms with E-state index in [0.29, 0.717) is 12.1 Å². The van der Waals surface area contributed by atoms with Crippen LogP contribution in [0.4, 0.5) is 0 Å². The first-order chi connectivity index (χ1) is 10.6. The van der Waals surface area contributed by atoms with Crippen LogP contribution in [0.3, 0.4) is 0 Å². The van der Waals surface area contributed by atoms with Crippen molar-refractivity contribution >= 4 is 24.1 Å². The summed E-state index contributed by atoms with van der Waals surface area (Å²) in [5, 5.41) is 17.1. The molecule has 23 heavy (non-hydrogen) atoms. The van der Waals surface area contributed by atoms with Crippen molar-refractivity contribution in [3.8, 4) is 0 Å². The van der Waals surface area contributed by atoms with Gasteiger partial charge in [-0.15, -0.1) is 12.4 Å². The first kappa shape index (κ1) is 18.9. The van der Waals surface area contributed by atoms with Crippen molar-refractivity contribution in [3.63, 3.8) is 0 Å². The maximum Gasteiger partial charge on any atom is 0.304 e. The van der Waals surface area contributed by atoms with Gasteiger partial charge in [0.2, 0.25) is 0 Å². The van der Waals surface area contributed by atoms with E-state index in [9.17, 15) is 4.79 Å².